The molecule has 3 rings (SSSR count). The summed E-state index contributed by atoms with van der Waals surface area (Å²) in [5.41, 5.74) is 0.275. The van der Waals surface area contributed by atoms with Crippen LogP contribution in [0.5, 0.6) is 5.75 Å². The molecule has 0 spiro atoms. The number of rotatable bonds is 7. The highest BCUT2D eigenvalue weighted by Crippen LogP contribution is 2.40. The number of halogens is 1. The fourth-order valence-electron chi connectivity index (χ4n) is 3.25. The Kier molecular flexibility index (Phi) is 5.93. The second-order valence-electron chi connectivity index (χ2n) is 6.39. The van der Waals surface area contributed by atoms with E-state index in [0.717, 1.165) is 0 Å². The molecule has 0 aliphatic carbocycles. The first-order valence-electron chi connectivity index (χ1n) is 8.97. The van der Waals surface area contributed by atoms with Gasteiger partial charge in [0.1, 0.15) is 23.9 Å². The van der Waals surface area contributed by atoms with Crippen LogP contribution in [0.25, 0.3) is 5.76 Å². The highest BCUT2D eigenvalue weighted by molar-refractivity contribution is 6.46. The lowest BCUT2D eigenvalue weighted by Gasteiger charge is -2.24. The third-order valence-electron chi connectivity index (χ3n) is 4.56. The Labute approximate surface area is 168 Å². The Bertz CT molecular complexity index is 994. The van der Waals surface area contributed by atoms with Gasteiger partial charge in [-0.15, -0.1) is 6.58 Å². The highest BCUT2D eigenvalue weighted by Gasteiger charge is 2.46. The average molecular weight is 393 g/mol. The molecule has 0 aromatic heterocycles. The van der Waals surface area contributed by atoms with Crippen LogP contribution in [0.4, 0.5) is 4.39 Å². The molecule has 29 heavy (non-hydrogen) atoms. The lowest BCUT2D eigenvalue weighted by molar-refractivity contribution is -0.139. The summed E-state index contributed by atoms with van der Waals surface area (Å²) in [6.07, 6.45) is 3.05. The zero-order chi connectivity index (χ0) is 21.0. The summed E-state index contributed by atoms with van der Waals surface area (Å²) in [6, 6.07) is 11.2. The molecule has 1 aliphatic rings. The summed E-state index contributed by atoms with van der Waals surface area (Å²) in [5, 5.41) is 10.9. The van der Waals surface area contributed by atoms with Crippen LogP contribution in [0.3, 0.4) is 0 Å². The maximum Gasteiger partial charge on any atom is 0.295 e. The van der Waals surface area contributed by atoms with Crippen LogP contribution in [0.2, 0.25) is 0 Å². The summed E-state index contributed by atoms with van der Waals surface area (Å²) < 4.78 is 19.9. The highest BCUT2D eigenvalue weighted by atomic mass is 19.1. The van der Waals surface area contributed by atoms with Crippen LogP contribution in [0.15, 0.2) is 79.4 Å². The zero-order valence-electron chi connectivity index (χ0n) is 15.7. The van der Waals surface area contributed by atoms with Crippen LogP contribution < -0.4 is 4.74 Å². The smallest absolute Gasteiger partial charge is 0.295 e. The Morgan fingerprint density at radius 2 is 1.79 bits per heavy atom. The molecule has 1 atom stereocenters. The largest absolute Gasteiger partial charge is 0.507 e. The number of likely N-dealkylation sites (tertiary alicyclic amines) is 1. The molecule has 1 N–H and O–H groups in total. The second kappa shape index (κ2) is 8.56. The van der Waals surface area contributed by atoms with Gasteiger partial charge < -0.3 is 14.7 Å². The molecule has 2 aromatic carbocycles. The molecule has 0 unspecified atom stereocenters. The van der Waals surface area contributed by atoms with Crippen molar-refractivity contribution >= 4 is 17.4 Å². The fraction of sp³-hybridized carbons (Fsp3) is 0.130. The van der Waals surface area contributed by atoms with Gasteiger partial charge in [-0.2, -0.15) is 0 Å². The number of amides is 1. The second-order valence-corrected chi connectivity index (χ2v) is 6.39. The van der Waals surface area contributed by atoms with E-state index in [2.05, 4.69) is 13.2 Å². The molecule has 0 bridgehead atoms. The first-order chi connectivity index (χ1) is 14.0. The van der Waals surface area contributed by atoms with E-state index >= 15 is 0 Å². The SMILES string of the molecule is C=CCOc1ccc(C(O)=C2C(=O)C(=O)N(CC=C)[C@H]2c2ccccc2F)cc1. The number of aliphatic hydroxyl groups is 1. The average Bonchev–Trinajstić information content (AvgIpc) is 2.97. The van der Waals surface area contributed by atoms with Gasteiger partial charge in [0.25, 0.3) is 11.7 Å². The van der Waals surface area contributed by atoms with Gasteiger partial charge in [0.05, 0.1) is 11.6 Å². The minimum Gasteiger partial charge on any atom is -0.507 e. The molecule has 1 amide bonds. The van der Waals surface area contributed by atoms with E-state index in [1.165, 1.54) is 29.2 Å². The van der Waals surface area contributed by atoms with Gasteiger partial charge in [0.15, 0.2) is 0 Å². The van der Waals surface area contributed by atoms with E-state index in [9.17, 15) is 19.1 Å². The number of carbonyl (C=O) groups is 2. The minimum absolute atomic E-state index is 0.0364. The normalized spacial score (nSPS) is 18.0. The van der Waals surface area contributed by atoms with Gasteiger partial charge in [-0.1, -0.05) is 36.9 Å². The Hall–Kier alpha value is -3.67. The first kappa shape index (κ1) is 20.1. The third-order valence-corrected chi connectivity index (χ3v) is 4.56. The first-order valence-corrected chi connectivity index (χ1v) is 8.97. The number of hydrogen-bond donors (Lipinski definition) is 1. The molecule has 0 radical (unpaired) electrons. The Balaban J connectivity index is 2.11. The number of hydrogen-bond acceptors (Lipinski definition) is 4. The number of benzene rings is 2. The standard InChI is InChI=1S/C23H20FNO4/c1-3-13-25-20(17-7-5-6-8-18(17)24)19(22(27)23(25)28)21(26)15-9-11-16(12-10-15)29-14-4-2/h3-12,20,26H,1-2,13-14H2/t20-/m0/s1. The molecule has 6 heteroatoms. The lowest BCUT2D eigenvalue weighted by atomic mass is 9.95. The quantitative estimate of drug-likeness (QED) is 0.334. The predicted octanol–water partition coefficient (Wildman–Crippen LogP) is 4.00. The molecule has 0 saturated carbocycles. The van der Waals surface area contributed by atoms with Crippen molar-refractivity contribution in [2.24, 2.45) is 0 Å². The molecule has 1 saturated heterocycles. The molecular formula is C23H20FNO4. The monoisotopic (exact) mass is 393 g/mol. The van der Waals surface area contributed by atoms with Gasteiger partial charge in [-0.25, -0.2) is 4.39 Å². The van der Waals surface area contributed by atoms with Crippen LogP contribution in [-0.4, -0.2) is 34.8 Å². The van der Waals surface area contributed by atoms with Gasteiger partial charge in [0, 0.05) is 17.7 Å². The van der Waals surface area contributed by atoms with E-state index in [-0.39, 0.29) is 23.4 Å². The van der Waals surface area contributed by atoms with Crippen molar-refractivity contribution in [3.63, 3.8) is 0 Å². The van der Waals surface area contributed by atoms with Crippen LogP contribution in [0, 0.1) is 5.82 Å². The number of carbonyl (C=O) groups excluding carboxylic acids is 2. The lowest BCUT2D eigenvalue weighted by Crippen LogP contribution is -2.30. The summed E-state index contributed by atoms with van der Waals surface area (Å²) >= 11 is 0. The van der Waals surface area contributed by atoms with Crippen molar-refractivity contribution < 1.29 is 23.8 Å². The van der Waals surface area contributed by atoms with Gasteiger partial charge in [-0.05, 0) is 30.3 Å². The van der Waals surface area contributed by atoms with Crippen LogP contribution in [-0.2, 0) is 9.59 Å². The Morgan fingerprint density at radius 1 is 1.10 bits per heavy atom. The number of nitrogens with zero attached hydrogens (tertiary/aromatic N) is 1. The maximum absolute atomic E-state index is 14.5. The number of Topliss-reactive ketones (excluding diaryl/α,β-unsaturated/α-hetero) is 1. The summed E-state index contributed by atoms with van der Waals surface area (Å²) in [7, 11) is 0. The van der Waals surface area contributed by atoms with Crippen molar-refractivity contribution in [2.75, 3.05) is 13.2 Å². The fourth-order valence-corrected chi connectivity index (χ4v) is 3.25. The molecule has 1 heterocycles. The Morgan fingerprint density at radius 3 is 2.41 bits per heavy atom. The summed E-state index contributed by atoms with van der Waals surface area (Å²) in [4.78, 5) is 26.4. The predicted molar refractivity (Wildman–Crippen MR) is 108 cm³/mol. The maximum atomic E-state index is 14.5. The van der Waals surface area contributed by atoms with E-state index in [4.69, 9.17) is 4.74 Å². The van der Waals surface area contributed by atoms with Crippen molar-refractivity contribution in [1.29, 1.82) is 0 Å². The topological polar surface area (TPSA) is 66.8 Å². The van der Waals surface area contributed by atoms with Crippen molar-refractivity contribution in [3.05, 3.63) is 96.4 Å². The molecular weight excluding hydrogens is 373 g/mol. The number of ketones is 1. The molecule has 1 fully saturated rings. The van der Waals surface area contributed by atoms with Crippen LogP contribution in [0.1, 0.15) is 17.2 Å². The van der Waals surface area contributed by atoms with Crippen molar-refractivity contribution in [1.82, 2.24) is 4.90 Å². The third kappa shape index (κ3) is 3.82. The van der Waals surface area contributed by atoms with E-state index < -0.39 is 23.5 Å². The number of aliphatic hydroxyl groups excluding tert-OH is 1. The summed E-state index contributed by atoms with van der Waals surface area (Å²) in [5.74, 6) is -2.08. The van der Waals surface area contributed by atoms with Crippen LogP contribution >= 0.6 is 0 Å². The molecule has 2 aromatic rings. The number of ether oxygens (including phenoxy) is 1. The minimum atomic E-state index is -1.05. The van der Waals surface area contributed by atoms with E-state index in [1.54, 1.807) is 36.4 Å². The summed E-state index contributed by atoms with van der Waals surface area (Å²) in [6.45, 7) is 7.53. The molecule has 1 aliphatic heterocycles. The van der Waals surface area contributed by atoms with Gasteiger partial charge in [-0.3, -0.25) is 9.59 Å². The van der Waals surface area contributed by atoms with E-state index in [0.29, 0.717) is 17.9 Å². The molecule has 5 nitrogen and oxygen atoms in total. The van der Waals surface area contributed by atoms with E-state index in [1.807, 2.05) is 0 Å². The van der Waals surface area contributed by atoms with Gasteiger partial charge >= 0.3 is 0 Å². The van der Waals surface area contributed by atoms with Crippen molar-refractivity contribution in [2.45, 2.75) is 6.04 Å². The van der Waals surface area contributed by atoms with Gasteiger partial charge in [0.2, 0.25) is 0 Å². The molecule has 148 valence electrons. The zero-order valence-corrected chi connectivity index (χ0v) is 15.7. The van der Waals surface area contributed by atoms with Crippen molar-refractivity contribution in [3.8, 4) is 5.75 Å².